The molecular weight excluding hydrogens is 470 g/mol. The summed E-state index contributed by atoms with van der Waals surface area (Å²) >= 11 is 0. The number of aryl methyl sites for hydroxylation is 2. The molecule has 3 aromatic rings. The van der Waals surface area contributed by atoms with Gasteiger partial charge in [-0.15, -0.1) is 0 Å². The Bertz CT molecular complexity index is 1320. The van der Waals surface area contributed by atoms with Gasteiger partial charge in [-0.2, -0.15) is 4.31 Å². The molecule has 1 amide bonds. The molecule has 1 fully saturated rings. The molecule has 1 aliphatic heterocycles. The van der Waals surface area contributed by atoms with Crippen molar-refractivity contribution >= 4 is 15.9 Å². The minimum atomic E-state index is -3.44. The van der Waals surface area contributed by atoms with Gasteiger partial charge in [-0.1, -0.05) is 48.5 Å². The lowest BCUT2D eigenvalue weighted by Crippen LogP contribution is -2.48. The number of benzene rings is 3. The average Bonchev–Trinajstić information content (AvgIpc) is 3.38. The highest BCUT2D eigenvalue weighted by atomic mass is 32.2. The van der Waals surface area contributed by atoms with Crippen LogP contribution in [0.5, 0.6) is 0 Å². The maximum Gasteiger partial charge on any atom is 0.251 e. The van der Waals surface area contributed by atoms with E-state index >= 15 is 0 Å². The molecule has 0 aromatic heterocycles. The van der Waals surface area contributed by atoms with Gasteiger partial charge in [0.2, 0.25) is 10.0 Å². The fraction of sp³-hybridized carbons (Fsp3) is 0.345. The zero-order valence-electron chi connectivity index (χ0n) is 20.7. The fourth-order valence-corrected chi connectivity index (χ4v) is 6.56. The Balaban J connectivity index is 1.13. The second kappa shape index (κ2) is 10.5. The number of hydrogen-bond donors (Lipinski definition) is 1. The third-order valence-electron chi connectivity index (χ3n) is 7.30. The SMILES string of the molecule is CC(NC(=O)c1ccc(CN2CCN(S(=O)(=O)c3ccccc3)CC2)cc1)c1ccc2c(c1)CCC2. The summed E-state index contributed by atoms with van der Waals surface area (Å²) in [7, 11) is -3.44. The third kappa shape index (κ3) is 5.38. The lowest BCUT2D eigenvalue weighted by molar-refractivity contribution is 0.0940. The number of rotatable bonds is 7. The Morgan fingerprint density at radius 2 is 1.58 bits per heavy atom. The number of carbonyl (C=O) groups excluding carboxylic acids is 1. The average molecular weight is 504 g/mol. The molecule has 6 nitrogen and oxygen atoms in total. The molecule has 3 aromatic carbocycles. The van der Waals surface area contributed by atoms with Crippen molar-refractivity contribution in [2.45, 2.75) is 43.7 Å². The summed E-state index contributed by atoms with van der Waals surface area (Å²) in [4.78, 5) is 15.4. The molecule has 1 unspecified atom stereocenters. The summed E-state index contributed by atoms with van der Waals surface area (Å²) in [6, 6.07) is 22.8. The molecule has 0 spiro atoms. The maximum atomic E-state index is 12.8. The number of hydrogen-bond acceptors (Lipinski definition) is 4. The van der Waals surface area contributed by atoms with Gasteiger partial charge >= 0.3 is 0 Å². The van der Waals surface area contributed by atoms with Crippen LogP contribution in [0.3, 0.4) is 0 Å². The van der Waals surface area contributed by atoms with E-state index < -0.39 is 10.0 Å². The highest BCUT2D eigenvalue weighted by Crippen LogP contribution is 2.25. The Kier molecular flexibility index (Phi) is 7.23. The van der Waals surface area contributed by atoms with Crippen molar-refractivity contribution in [1.82, 2.24) is 14.5 Å². The highest BCUT2D eigenvalue weighted by molar-refractivity contribution is 7.89. The normalized spacial score (nSPS) is 17.5. The minimum Gasteiger partial charge on any atom is -0.346 e. The zero-order valence-corrected chi connectivity index (χ0v) is 21.5. The summed E-state index contributed by atoms with van der Waals surface area (Å²) < 4.78 is 27.2. The van der Waals surface area contributed by atoms with E-state index in [1.54, 1.807) is 28.6 Å². The number of fused-ring (bicyclic) bond motifs is 1. The third-order valence-corrected chi connectivity index (χ3v) is 9.22. The summed E-state index contributed by atoms with van der Waals surface area (Å²) in [5.74, 6) is -0.0747. The van der Waals surface area contributed by atoms with Gasteiger partial charge in [-0.05, 0) is 72.7 Å². The molecule has 1 atom stereocenters. The van der Waals surface area contributed by atoms with Gasteiger partial charge in [-0.3, -0.25) is 9.69 Å². The van der Waals surface area contributed by atoms with Gasteiger partial charge in [0, 0.05) is 38.3 Å². The molecule has 1 saturated heterocycles. The molecule has 7 heteroatoms. The van der Waals surface area contributed by atoms with Gasteiger partial charge < -0.3 is 5.32 Å². The van der Waals surface area contributed by atoms with E-state index in [2.05, 4.69) is 28.4 Å². The van der Waals surface area contributed by atoms with Gasteiger partial charge in [0.15, 0.2) is 0 Å². The first-order valence-corrected chi connectivity index (χ1v) is 14.1. The topological polar surface area (TPSA) is 69.7 Å². The van der Waals surface area contributed by atoms with Gasteiger partial charge in [-0.25, -0.2) is 8.42 Å². The van der Waals surface area contributed by atoms with Crippen LogP contribution in [0.4, 0.5) is 0 Å². The van der Waals surface area contributed by atoms with Crippen molar-refractivity contribution in [3.63, 3.8) is 0 Å². The summed E-state index contributed by atoms with van der Waals surface area (Å²) in [6.07, 6.45) is 3.50. The number of nitrogens with zero attached hydrogens (tertiary/aromatic N) is 2. The molecule has 188 valence electrons. The highest BCUT2D eigenvalue weighted by Gasteiger charge is 2.28. The van der Waals surface area contributed by atoms with Gasteiger partial charge in [0.25, 0.3) is 5.91 Å². The number of piperazine rings is 1. The molecule has 0 saturated carbocycles. The van der Waals surface area contributed by atoms with E-state index in [9.17, 15) is 13.2 Å². The van der Waals surface area contributed by atoms with Crippen molar-refractivity contribution in [2.24, 2.45) is 0 Å². The molecule has 36 heavy (non-hydrogen) atoms. The van der Waals surface area contributed by atoms with Crippen LogP contribution in [0, 0.1) is 0 Å². The Morgan fingerprint density at radius 1 is 0.889 bits per heavy atom. The zero-order chi connectivity index (χ0) is 25.1. The Morgan fingerprint density at radius 3 is 2.31 bits per heavy atom. The Hall–Kier alpha value is -3.00. The number of sulfonamides is 1. The van der Waals surface area contributed by atoms with Crippen LogP contribution in [0.1, 0.15) is 52.0 Å². The summed E-state index contributed by atoms with van der Waals surface area (Å²) in [5, 5.41) is 3.13. The predicted molar refractivity (Wildman–Crippen MR) is 141 cm³/mol. The minimum absolute atomic E-state index is 0.0495. The summed E-state index contributed by atoms with van der Waals surface area (Å²) in [6.45, 7) is 5.04. The van der Waals surface area contributed by atoms with E-state index in [0.717, 1.165) is 30.5 Å². The second-order valence-electron chi connectivity index (χ2n) is 9.77. The van der Waals surface area contributed by atoms with E-state index in [1.165, 1.54) is 17.5 Å². The Labute approximate surface area is 214 Å². The predicted octanol–water partition coefficient (Wildman–Crippen LogP) is 4.17. The molecule has 2 aliphatic rings. The molecule has 0 bridgehead atoms. The monoisotopic (exact) mass is 503 g/mol. The number of amides is 1. The molecule has 1 heterocycles. The van der Waals surface area contributed by atoms with Gasteiger partial charge in [0.05, 0.1) is 10.9 Å². The van der Waals surface area contributed by atoms with Crippen LogP contribution in [0.15, 0.2) is 77.7 Å². The van der Waals surface area contributed by atoms with Crippen molar-refractivity contribution in [1.29, 1.82) is 0 Å². The van der Waals surface area contributed by atoms with E-state index in [-0.39, 0.29) is 11.9 Å². The molecule has 0 radical (unpaired) electrons. The quantitative estimate of drug-likeness (QED) is 0.525. The van der Waals surface area contributed by atoms with Crippen molar-refractivity contribution in [3.8, 4) is 0 Å². The maximum absolute atomic E-state index is 12.8. The van der Waals surface area contributed by atoms with Crippen molar-refractivity contribution in [2.75, 3.05) is 26.2 Å². The number of nitrogens with one attached hydrogen (secondary N) is 1. The first-order chi connectivity index (χ1) is 17.4. The van der Waals surface area contributed by atoms with E-state index in [0.29, 0.717) is 36.6 Å². The smallest absolute Gasteiger partial charge is 0.251 e. The van der Waals surface area contributed by atoms with Gasteiger partial charge in [0.1, 0.15) is 0 Å². The molecule has 1 aliphatic carbocycles. The largest absolute Gasteiger partial charge is 0.346 e. The van der Waals surface area contributed by atoms with Crippen LogP contribution >= 0.6 is 0 Å². The first kappa shape index (κ1) is 24.7. The lowest BCUT2D eigenvalue weighted by Gasteiger charge is -2.34. The molecular formula is C29H33N3O3S. The molecule has 5 rings (SSSR count). The van der Waals surface area contributed by atoms with E-state index in [4.69, 9.17) is 0 Å². The van der Waals surface area contributed by atoms with Crippen LogP contribution < -0.4 is 5.32 Å². The summed E-state index contributed by atoms with van der Waals surface area (Å²) in [5.41, 5.74) is 5.75. The van der Waals surface area contributed by atoms with Crippen molar-refractivity contribution < 1.29 is 13.2 Å². The van der Waals surface area contributed by atoms with Crippen LogP contribution in [-0.4, -0.2) is 49.7 Å². The van der Waals surface area contributed by atoms with Crippen molar-refractivity contribution in [3.05, 3.63) is 101 Å². The number of carbonyl (C=O) groups is 1. The first-order valence-electron chi connectivity index (χ1n) is 12.7. The second-order valence-corrected chi connectivity index (χ2v) is 11.7. The fourth-order valence-electron chi connectivity index (χ4n) is 5.11. The van der Waals surface area contributed by atoms with Crippen LogP contribution in [0.25, 0.3) is 0 Å². The van der Waals surface area contributed by atoms with E-state index in [1.807, 2.05) is 37.3 Å². The van der Waals surface area contributed by atoms with Crippen LogP contribution in [-0.2, 0) is 29.4 Å². The molecule has 1 N–H and O–H groups in total. The lowest BCUT2D eigenvalue weighted by atomic mass is 10.0. The van der Waals surface area contributed by atoms with Crippen LogP contribution in [0.2, 0.25) is 0 Å². The standard InChI is InChI=1S/C29H33N3O3S/c1-22(26-15-14-24-6-5-7-27(24)20-26)30-29(33)25-12-10-23(11-13-25)21-31-16-18-32(19-17-31)36(34,35)28-8-3-2-4-9-28/h2-4,8-15,20,22H,5-7,16-19,21H2,1H3,(H,30,33).